The smallest absolute Gasteiger partial charge is 0.271 e. The van der Waals surface area contributed by atoms with Crippen LogP contribution in [0.1, 0.15) is 23.8 Å². The number of hydrogen-bond acceptors (Lipinski definition) is 4. The topological polar surface area (TPSA) is 53.4 Å². The molecule has 1 aromatic carbocycles. The molecule has 1 aliphatic rings. The van der Waals surface area contributed by atoms with Crippen LogP contribution < -0.4 is 5.32 Å². The Balaban J connectivity index is 1.48. The molecule has 1 aromatic heterocycles. The summed E-state index contributed by atoms with van der Waals surface area (Å²) in [6.45, 7) is 7.54. The van der Waals surface area contributed by atoms with E-state index in [0.29, 0.717) is 5.69 Å². The van der Waals surface area contributed by atoms with Crippen LogP contribution >= 0.6 is 0 Å². The van der Waals surface area contributed by atoms with Crippen molar-refractivity contribution in [2.45, 2.75) is 19.4 Å². The van der Waals surface area contributed by atoms with E-state index in [4.69, 9.17) is 0 Å². The van der Waals surface area contributed by atoms with Crippen LogP contribution in [-0.4, -0.2) is 71.3 Å². The van der Waals surface area contributed by atoms with Gasteiger partial charge in [0.2, 0.25) is 0 Å². The van der Waals surface area contributed by atoms with Gasteiger partial charge in [0.05, 0.1) is 5.69 Å². The molecule has 6 heteroatoms. The summed E-state index contributed by atoms with van der Waals surface area (Å²) in [6, 6.07) is 11.7. The molecule has 0 unspecified atom stereocenters. The minimum Gasteiger partial charge on any atom is -0.348 e. The monoisotopic (exact) mass is 341 g/mol. The molecule has 134 valence electrons. The van der Waals surface area contributed by atoms with Crippen LogP contribution in [0.4, 0.5) is 0 Å². The van der Waals surface area contributed by atoms with E-state index in [0.717, 1.165) is 44.8 Å². The van der Waals surface area contributed by atoms with Gasteiger partial charge in [-0.3, -0.25) is 4.79 Å². The molecule has 1 aliphatic heterocycles. The third-order valence-electron chi connectivity index (χ3n) is 4.69. The minimum absolute atomic E-state index is 0.111. The third kappa shape index (κ3) is 4.90. The number of piperazine rings is 1. The molecule has 1 saturated heterocycles. The fourth-order valence-corrected chi connectivity index (χ4v) is 2.99. The van der Waals surface area contributed by atoms with Gasteiger partial charge in [-0.1, -0.05) is 18.2 Å². The molecular formula is C19H27N5O. The lowest BCUT2D eigenvalue weighted by molar-refractivity contribution is 0.0926. The zero-order chi connectivity index (χ0) is 17.6. The van der Waals surface area contributed by atoms with Gasteiger partial charge in [0.1, 0.15) is 0 Å². The maximum atomic E-state index is 12.4. The first kappa shape index (κ1) is 17.6. The molecule has 3 rings (SSSR count). The van der Waals surface area contributed by atoms with Crippen LogP contribution in [0, 0.1) is 0 Å². The van der Waals surface area contributed by atoms with Crippen LogP contribution in [0.15, 0.2) is 42.6 Å². The molecule has 1 amide bonds. The number of para-hydroxylation sites is 1. The molecule has 25 heavy (non-hydrogen) atoms. The molecule has 1 atom stereocenters. The average molecular weight is 341 g/mol. The Kier molecular flexibility index (Phi) is 5.83. The fourth-order valence-electron chi connectivity index (χ4n) is 2.99. The van der Waals surface area contributed by atoms with Crippen molar-refractivity contribution in [1.29, 1.82) is 0 Å². The summed E-state index contributed by atoms with van der Waals surface area (Å²) in [5, 5.41) is 7.44. The second-order valence-electron chi connectivity index (χ2n) is 6.79. The number of aromatic nitrogens is 2. The fraction of sp³-hybridized carbons (Fsp3) is 0.474. The molecular weight excluding hydrogens is 314 g/mol. The van der Waals surface area contributed by atoms with E-state index in [1.54, 1.807) is 10.7 Å². The summed E-state index contributed by atoms with van der Waals surface area (Å²) in [7, 11) is 2.16. The Labute approximate surface area is 149 Å². The first-order valence-corrected chi connectivity index (χ1v) is 8.94. The first-order valence-electron chi connectivity index (χ1n) is 8.94. The van der Waals surface area contributed by atoms with E-state index < -0.39 is 0 Å². The van der Waals surface area contributed by atoms with Crippen LogP contribution in [0.3, 0.4) is 0 Å². The third-order valence-corrected chi connectivity index (χ3v) is 4.69. The van der Waals surface area contributed by atoms with E-state index >= 15 is 0 Å². The zero-order valence-electron chi connectivity index (χ0n) is 15.1. The maximum Gasteiger partial charge on any atom is 0.271 e. The van der Waals surface area contributed by atoms with Crippen molar-refractivity contribution in [3.8, 4) is 5.69 Å². The number of hydrogen-bond donors (Lipinski definition) is 1. The van der Waals surface area contributed by atoms with Gasteiger partial charge in [-0.2, -0.15) is 5.10 Å². The number of likely N-dealkylation sites (N-methyl/N-ethyl adjacent to an activating group) is 1. The van der Waals surface area contributed by atoms with E-state index in [2.05, 4.69) is 34.2 Å². The van der Waals surface area contributed by atoms with Gasteiger partial charge in [-0.15, -0.1) is 0 Å². The maximum absolute atomic E-state index is 12.4. The van der Waals surface area contributed by atoms with Crippen molar-refractivity contribution in [2.24, 2.45) is 0 Å². The van der Waals surface area contributed by atoms with Gasteiger partial charge in [-0.25, -0.2) is 4.68 Å². The van der Waals surface area contributed by atoms with Crippen molar-refractivity contribution < 1.29 is 4.79 Å². The Morgan fingerprint density at radius 2 is 1.88 bits per heavy atom. The summed E-state index contributed by atoms with van der Waals surface area (Å²) >= 11 is 0. The lowest BCUT2D eigenvalue weighted by Crippen LogP contribution is -2.46. The number of benzene rings is 1. The van der Waals surface area contributed by atoms with E-state index in [9.17, 15) is 4.79 Å². The zero-order valence-corrected chi connectivity index (χ0v) is 15.1. The average Bonchev–Trinajstić information content (AvgIpc) is 3.12. The predicted octanol–water partition coefficient (Wildman–Crippen LogP) is 1.63. The Bertz CT molecular complexity index is 676. The van der Waals surface area contributed by atoms with Crippen molar-refractivity contribution in [3.05, 3.63) is 48.3 Å². The summed E-state index contributed by atoms with van der Waals surface area (Å²) in [6.07, 6.45) is 2.77. The molecule has 2 heterocycles. The van der Waals surface area contributed by atoms with Gasteiger partial charge in [0.25, 0.3) is 5.91 Å². The highest BCUT2D eigenvalue weighted by atomic mass is 16.2. The Morgan fingerprint density at radius 3 is 2.60 bits per heavy atom. The number of nitrogens with zero attached hydrogens (tertiary/aromatic N) is 4. The second kappa shape index (κ2) is 8.27. The van der Waals surface area contributed by atoms with Crippen LogP contribution in [-0.2, 0) is 0 Å². The van der Waals surface area contributed by atoms with Crippen LogP contribution in [0.5, 0.6) is 0 Å². The highest BCUT2D eigenvalue weighted by Gasteiger charge is 2.16. The quantitative estimate of drug-likeness (QED) is 0.868. The highest BCUT2D eigenvalue weighted by molar-refractivity contribution is 5.92. The van der Waals surface area contributed by atoms with Crippen molar-refractivity contribution >= 4 is 5.91 Å². The van der Waals surface area contributed by atoms with Gasteiger partial charge in [0.15, 0.2) is 5.69 Å². The van der Waals surface area contributed by atoms with Crippen molar-refractivity contribution in [2.75, 3.05) is 39.8 Å². The Morgan fingerprint density at radius 1 is 1.16 bits per heavy atom. The van der Waals surface area contributed by atoms with Gasteiger partial charge < -0.3 is 15.1 Å². The van der Waals surface area contributed by atoms with Crippen LogP contribution in [0.25, 0.3) is 5.69 Å². The predicted molar refractivity (Wildman–Crippen MR) is 99.0 cm³/mol. The van der Waals surface area contributed by atoms with Gasteiger partial charge in [0, 0.05) is 45.0 Å². The molecule has 2 aromatic rings. The lowest BCUT2D eigenvalue weighted by Gasteiger charge is -2.32. The molecule has 0 aliphatic carbocycles. The molecule has 0 spiro atoms. The molecule has 6 nitrogen and oxygen atoms in total. The molecule has 1 fully saturated rings. The molecule has 0 saturated carbocycles. The normalized spacial score (nSPS) is 17.4. The van der Waals surface area contributed by atoms with Crippen molar-refractivity contribution in [3.63, 3.8) is 0 Å². The highest BCUT2D eigenvalue weighted by Crippen LogP contribution is 2.07. The summed E-state index contributed by atoms with van der Waals surface area (Å²) in [5.74, 6) is -0.111. The van der Waals surface area contributed by atoms with Crippen LogP contribution in [0.2, 0.25) is 0 Å². The second-order valence-corrected chi connectivity index (χ2v) is 6.79. The standard InChI is InChI=1S/C19H27N5O/c1-16(8-10-23-14-12-22(2)13-15-23)20-19(25)18-9-11-24(21-18)17-6-4-3-5-7-17/h3-7,9,11,16H,8,10,12-15H2,1-2H3,(H,20,25)/t16-/m1/s1. The molecule has 1 N–H and O–H groups in total. The van der Waals surface area contributed by atoms with E-state index in [1.165, 1.54) is 0 Å². The number of carbonyl (C=O) groups is 1. The summed E-state index contributed by atoms with van der Waals surface area (Å²) in [4.78, 5) is 17.2. The molecule has 0 bridgehead atoms. The first-order chi connectivity index (χ1) is 12.1. The number of rotatable bonds is 6. The van der Waals surface area contributed by atoms with E-state index in [-0.39, 0.29) is 11.9 Å². The van der Waals surface area contributed by atoms with Gasteiger partial charge >= 0.3 is 0 Å². The Hall–Kier alpha value is -2.18. The molecule has 0 radical (unpaired) electrons. The largest absolute Gasteiger partial charge is 0.348 e. The number of nitrogens with one attached hydrogen (secondary N) is 1. The SMILES string of the molecule is C[C@H](CCN1CCN(C)CC1)NC(=O)c1ccn(-c2ccccc2)n1. The number of amides is 1. The lowest BCUT2D eigenvalue weighted by atomic mass is 10.2. The summed E-state index contributed by atoms with van der Waals surface area (Å²) < 4.78 is 1.73. The van der Waals surface area contributed by atoms with Gasteiger partial charge in [-0.05, 0) is 38.6 Å². The van der Waals surface area contributed by atoms with E-state index in [1.807, 2.05) is 36.5 Å². The minimum atomic E-state index is -0.111. The summed E-state index contributed by atoms with van der Waals surface area (Å²) in [5.41, 5.74) is 1.40. The number of carbonyl (C=O) groups excluding carboxylic acids is 1. The van der Waals surface area contributed by atoms with Crippen molar-refractivity contribution in [1.82, 2.24) is 24.9 Å².